The molecule has 8 nitrogen and oxygen atoms in total. The Labute approximate surface area is 158 Å². The van der Waals surface area contributed by atoms with Gasteiger partial charge in [-0.1, -0.05) is 23.2 Å². The largest absolute Gasteiger partial charge is 0.496 e. The molecular weight excluding hydrogens is 385 g/mol. The number of carbonyl (C=O) groups is 2. The number of benzene rings is 2. The quantitative estimate of drug-likeness (QED) is 0.582. The van der Waals surface area contributed by atoms with Gasteiger partial charge in [-0.2, -0.15) is 0 Å². The average Bonchev–Trinajstić information content (AvgIpc) is 2.57. The van der Waals surface area contributed by atoms with E-state index >= 15 is 0 Å². The van der Waals surface area contributed by atoms with Gasteiger partial charge in [0.1, 0.15) is 5.75 Å². The molecule has 0 bridgehead atoms. The SMILES string of the molecule is COc1cc(NC(C)=O)c(Cl)cc1C(=O)Nc1cc([N+](=O)[O-])ccc1Cl. The van der Waals surface area contributed by atoms with Crippen LogP contribution in [0, 0.1) is 10.1 Å². The Kier molecular flexibility index (Phi) is 6.01. The molecule has 2 aromatic carbocycles. The van der Waals surface area contributed by atoms with E-state index in [-0.39, 0.29) is 44.3 Å². The van der Waals surface area contributed by atoms with E-state index in [2.05, 4.69) is 10.6 Å². The summed E-state index contributed by atoms with van der Waals surface area (Å²) in [7, 11) is 1.35. The van der Waals surface area contributed by atoms with Gasteiger partial charge in [0.2, 0.25) is 5.91 Å². The molecule has 0 aliphatic carbocycles. The molecule has 136 valence electrons. The molecule has 2 amide bonds. The molecular formula is C16H13Cl2N3O5. The number of halogens is 2. The molecule has 0 aliphatic rings. The lowest BCUT2D eigenvalue weighted by Gasteiger charge is -2.13. The van der Waals surface area contributed by atoms with E-state index in [1.54, 1.807) is 0 Å². The van der Waals surface area contributed by atoms with Crippen molar-refractivity contribution in [3.8, 4) is 5.75 Å². The first kappa shape index (κ1) is 19.5. The van der Waals surface area contributed by atoms with Gasteiger partial charge in [0.15, 0.2) is 0 Å². The van der Waals surface area contributed by atoms with E-state index < -0.39 is 10.8 Å². The molecule has 0 saturated carbocycles. The predicted molar refractivity (Wildman–Crippen MR) is 98.4 cm³/mol. The smallest absolute Gasteiger partial charge is 0.271 e. The second kappa shape index (κ2) is 8.03. The van der Waals surface area contributed by atoms with Crippen LogP contribution in [0.4, 0.5) is 17.1 Å². The highest BCUT2D eigenvalue weighted by molar-refractivity contribution is 6.35. The lowest BCUT2D eigenvalue weighted by molar-refractivity contribution is -0.384. The maximum Gasteiger partial charge on any atom is 0.271 e. The third kappa shape index (κ3) is 4.41. The third-order valence-corrected chi connectivity index (χ3v) is 3.90. The van der Waals surface area contributed by atoms with Crippen LogP contribution in [0.5, 0.6) is 5.75 Å². The minimum Gasteiger partial charge on any atom is -0.496 e. The van der Waals surface area contributed by atoms with Gasteiger partial charge in [0.25, 0.3) is 11.6 Å². The normalized spacial score (nSPS) is 10.2. The van der Waals surface area contributed by atoms with Gasteiger partial charge in [-0.05, 0) is 12.1 Å². The van der Waals surface area contributed by atoms with Crippen molar-refractivity contribution >= 4 is 52.1 Å². The van der Waals surface area contributed by atoms with E-state index in [4.69, 9.17) is 27.9 Å². The van der Waals surface area contributed by atoms with Crippen LogP contribution in [0.3, 0.4) is 0 Å². The molecule has 0 unspecified atom stereocenters. The van der Waals surface area contributed by atoms with Gasteiger partial charge in [-0.3, -0.25) is 19.7 Å². The van der Waals surface area contributed by atoms with Crippen molar-refractivity contribution in [2.24, 2.45) is 0 Å². The fourth-order valence-electron chi connectivity index (χ4n) is 2.10. The second-order valence-electron chi connectivity index (χ2n) is 5.09. The summed E-state index contributed by atoms with van der Waals surface area (Å²) in [6.45, 7) is 1.31. The van der Waals surface area contributed by atoms with Crippen LogP contribution >= 0.6 is 23.2 Å². The number of hydrogen-bond donors (Lipinski definition) is 2. The minimum absolute atomic E-state index is 0.0641. The van der Waals surface area contributed by atoms with Crippen LogP contribution in [0.15, 0.2) is 30.3 Å². The summed E-state index contributed by atoms with van der Waals surface area (Å²) in [5.41, 5.74) is 0.181. The molecule has 0 spiro atoms. The summed E-state index contributed by atoms with van der Waals surface area (Å²) in [6, 6.07) is 6.37. The zero-order chi connectivity index (χ0) is 19.4. The Morgan fingerprint density at radius 2 is 1.73 bits per heavy atom. The topological polar surface area (TPSA) is 111 Å². The first-order chi connectivity index (χ1) is 12.2. The molecule has 2 rings (SSSR count). The minimum atomic E-state index is -0.638. The van der Waals surface area contributed by atoms with Crippen LogP contribution < -0.4 is 15.4 Å². The highest BCUT2D eigenvalue weighted by Gasteiger charge is 2.19. The molecule has 2 aromatic rings. The Hall–Kier alpha value is -2.84. The number of nitro groups is 1. The molecule has 2 N–H and O–H groups in total. The number of hydrogen-bond acceptors (Lipinski definition) is 5. The van der Waals surface area contributed by atoms with Crippen LogP contribution in [0.2, 0.25) is 10.0 Å². The standard InChI is InChI=1S/C16H13Cl2N3O5/c1-8(22)19-14-7-15(26-2)10(6-12(14)18)16(23)20-13-5-9(21(24)25)3-4-11(13)17/h3-7H,1-2H3,(H,19,22)(H,20,23). The molecule has 0 aromatic heterocycles. The van der Waals surface area contributed by atoms with E-state index in [1.165, 1.54) is 38.3 Å². The van der Waals surface area contributed by atoms with Crippen molar-refractivity contribution < 1.29 is 19.2 Å². The fraction of sp³-hybridized carbons (Fsp3) is 0.125. The number of anilines is 2. The number of nitrogens with zero attached hydrogens (tertiary/aromatic N) is 1. The number of methoxy groups -OCH3 is 1. The zero-order valence-electron chi connectivity index (χ0n) is 13.6. The summed E-state index contributed by atoms with van der Waals surface area (Å²) in [5.74, 6) is -0.827. The summed E-state index contributed by atoms with van der Waals surface area (Å²) in [6.07, 6.45) is 0. The first-order valence-corrected chi connectivity index (χ1v) is 7.89. The summed E-state index contributed by atoms with van der Waals surface area (Å²) < 4.78 is 5.16. The molecule has 26 heavy (non-hydrogen) atoms. The van der Waals surface area contributed by atoms with Crippen molar-refractivity contribution in [2.75, 3.05) is 17.7 Å². The Morgan fingerprint density at radius 3 is 2.31 bits per heavy atom. The Balaban J connectivity index is 2.38. The predicted octanol–water partition coefficient (Wildman–Crippen LogP) is 4.12. The number of rotatable bonds is 5. The third-order valence-electron chi connectivity index (χ3n) is 3.25. The maximum absolute atomic E-state index is 12.5. The van der Waals surface area contributed by atoms with Crippen molar-refractivity contribution in [3.05, 3.63) is 56.1 Å². The molecule has 0 saturated heterocycles. The average molecular weight is 398 g/mol. The van der Waals surface area contributed by atoms with Crippen molar-refractivity contribution in [1.82, 2.24) is 0 Å². The summed E-state index contributed by atoms with van der Waals surface area (Å²) in [4.78, 5) is 34.0. The number of amides is 2. The lowest BCUT2D eigenvalue weighted by Crippen LogP contribution is -2.15. The van der Waals surface area contributed by atoms with Gasteiger partial charge in [-0.25, -0.2) is 0 Å². The molecule has 0 aliphatic heterocycles. The number of nitro benzene ring substituents is 1. The van der Waals surface area contributed by atoms with E-state index in [0.29, 0.717) is 0 Å². The molecule has 10 heteroatoms. The molecule has 0 radical (unpaired) electrons. The first-order valence-electron chi connectivity index (χ1n) is 7.13. The van der Waals surface area contributed by atoms with Crippen LogP contribution in [0.1, 0.15) is 17.3 Å². The lowest BCUT2D eigenvalue weighted by atomic mass is 10.1. The van der Waals surface area contributed by atoms with Gasteiger partial charge < -0.3 is 15.4 Å². The number of non-ortho nitro benzene ring substituents is 1. The van der Waals surface area contributed by atoms with Crippen LogP contribution in [-0.2, 0) is 4.79 Å². The van der Waals surface area contributed by atoms with Crippen molar-refractivity contribution in [3.63, 3.8) is 0 Å². The highest BCUT2D eigenvalue weighted by Crippen LogP contribution is 2.33. The van der Waals surface area contributed by atoms with Gasteiger partial charge in [-0.15, -0.1) is 0 Å². The Bertz CT molecular complexity index is 902. The fourth-order valence-corrected chi connectivity index (χ4v) is 2.47. The van der Waals surface area contributed by atoms with Crippen molar-refractivity contribution in [1.29, 1.82) is 0 Å². The van der Waals surface area contributed by atoms with Crippen LogP contribution in [0.25, 0.3) is 0 Å². The molecule has 0 atom stereocenters. The molecule has 0 heterocycles. The van der Waals surface area contributed by atoms with E-state index in [9.17, 15) is 19.7 Å². The Morgan fingerprint density at radius 1 is 1.08 bits per heavy atom. The van der Waals surface area contributed by atoms with E-state index in [1.807, 2.05) is 0 Å². The van der Waals surface area contributed by atoms with Crippen LogP contribution in [-0.4, -0.2) is 23.8 Å². The van der Waals surface area contributed by atoms with Gasteiger partial charge in [0.05, 0.1) is 39.0 Å². The number of ether oxygens (including phenoxy) is 1. The van der Waals surface area contributed by atoms with Crippen molar-refractivity contribution in [2.45, 2.75) is 6.92 Å². The second-order valence-corrected chi connectivity index (χ2v) is 5.90. The van der Waals surface area contributed by atoms with Gasteiger partial charge in [0, 0.05) is 25.1 Å². The number of carbonyl (C=O) groups excluding carboxylic acids is 2. The van der Waals surface area contributed by atoms with E-state index in [0.717, 1.165) is 6.07 Å². The maximum atomic E-state index is 12.5. The number of nitrogens with one attached hydrogen (secondary N) is 2. The summed E-state index contributed by atoms with van der Waals surface area (Å²) in [5, 5.41) is 16.1. The monoisotopic (exact) mass is 397 g/mol. The highest BCUT2D eigenvalue weighted by atomic mass is 35.5. The summed E-state index contributed by atoms with van der Waals surface area (Å²) >= 11 is 12.1. The molecule has 0 fully saturated rings. The zero-order valence-corrected chi connectivity index (χ0v) is 15.1. The van der Waals surface area contributed by atoms with Gasteiger partial charge >= 0.3 is 0 Å².